The fraction of sp³-hybridized carbons (Fsp3) is 0.269. The summed E-state index contributed by atoms with van der Waals surface area (Å²) in [6.07, 6.45) is 0. The lowest BCUT2D eigenvalue weighted by atomic mass is 10.1. The predicted octanol–water partition coefficient (Wildman–Crippen LogP) is 2.95. The van der Waals surface area contributed by atoms with Crippen LogP contribution in [0.25, 0.3) is 0 Å². The lowest BCUT2D eigenvalue weighted by molar-refractivity contribution is -0.885. The highest BCUT2D eigenvalue weighted by Crippen LogP contribution is 2.30. The van der Waals surface area contributed by atoms with E-state index in [1.807, 2.05) is 66.5 Å². The molecule has 0 saturated carbocycles. The van der Waals surface area contributed by atoms with Crippen LogP contribution in [-0.2, 0) is 24.4 Å². The van der Waals surface area contributed by atoms with E-state index in [1.54, 1.807) is 14.2 Å². The van der Waals surface area contributed by atoms with Crippen molar-refractivity contribution in [2.24, 2.45) is 0 Å². The third kappa shape index (κ3) is 6.33. The van der Waals surface area contributed by atoms with E-state index in [9.17, 15) is 4.79 Å². The topological polar surface area (TPSA) is 43.2 Å². The van der Waals surface area contributed by atoms with E-state index in [4.69, 9.17) is 9.47 Å². The Labute approximate surface area is 184 Å². The molecule has 1 unspecified atom stereocenters. The van der Waals surface area contributed by atoms with Crippen molar-refractivity contribution < 1.29 is 19.2 Å². The zero-order valence-electron chi connectivity index (χ0n) is 18.5. The number of amides is 1. The van der Waals surface area contributed by atoms with Gasteiger partial charge in [0.15, 0.2) is 18.0 Å². The summed E-state index contributed by atoms with van der Waals surface area (Å²) in [4.78, 5) is 16.3. The Hall–Kier alpha value is -3.31. The van der Waals surface area contributed by atoms with Crippen molar-refractivity contribution in [1.82, 2.24) is 4.90 Å². The number of ether oxygens (including phenoxy) is 2. The summed E-state index contributed by atoms with van der Waals surface area (Å²) < 4.78 is 10.9. The number of rotatable bonds is 10. The number of carbonyl (C=O) groups excluding carboxylic acids is 1. The van der Waals surface area contributed by atoms with Crippen LogP contribution in [0.1, 0.15) is 16.7 Å². The fourth-order valence-electron chi connectivity index (χ4n) is 3.69. The van der Waals surface area contributed by atoms with Crippen LogP contribution in [0.3, 0.4) is 0 Å². The summed E-state index contributed by atoms with van der Waals surface area (Å²) in [7, 11) is 5.30. The van der Waals surface area contributed by atoms with Gasteiger partial charge in [-0.3, -0.25) is 4.79 Å². The summed E-state index contributed by atoms with van der Waals surface area (Å²) in [5.74, 6) is 1.54. The van der Waals surface area contributed by atoms with Crippen molar-refractivity contribution in [3.05, 3.63) is 95.6 Å². The number of benzene rings is 3. The van der Waals surface area contributed by atoms with Gasteiger partial charge in [0.05, 0.1) is 26.8 Å². The van der Waals surface area contributed by atoms with E-state index in [2.05, 4.69) is 24.3 Å². The molecule has 0 aliphatic rings. The largest absolute Gasteiger partial charge is 0.493 e. The van der Waals surface area contributed by atoms with Crippen molar-refractivity contribution in [2.45, 2.75) is 19.6 Å². The van der Waals surface area contributed by atoms with Gasteiger partial charge in [-0.25, -0.2) is 0 Å². The number of likely N-dealkylation sites (N-methyl/N-ethyl adjacent to an activating group) is 1. The maximum absolute atomic E-state index is 13.3. The van der Waals surface area contributed by atoms with Gasteiger partial charge in [-0.2, -0.15) is 0 Å². The highest BCUT2D eigenvalue weighted by molar-refractivity contribution is 5.77. The molecule has 0 fully saturated rings. The number of nitrogens with one attached hydrogen (secondary N) is 1. The monoisotopic (exact) mass is 419 g/mol. The van der Waals surface area contributed by atoms with Crippen molar-refractivity contribution in [2.75, 3.05) is 27.8 Å². The van der Waals surface area contributed by atoms with Gasteiger partial charge in [0.1, 0.15) is 6.54 Å². The number of hydrogen-bond acceptors (Lipinski definition) is 3. The molecule has 1 N–H and O–H groups in total. The molecular weight excluding hydrogens is 388 g/mol. The maximum Gasteiger partial charge on any atom is 0.278 e. The number of nitrogens with zero attached hydrogens (tertiary/aromatic N) is 1. The Morgan fingerprint density at radius 1 is 0.806 bits per heavy atom. The molecular formula is C26H31N2O3+. The summed E-state index contributed by atoms with van der Waals surface area (Å²) >= 11 is 0. The molecule has 0 aromatic heterocycles. The Morgan fingerprint density at radius 3 is 1.90 bits per heavy atom. The van der Waals surface area contributed by atoms with Crippen LogP contribution in [0.2, 0.25) is 0 Å². The Balaban J connectivity index is 1.72. The molecule has 0 spiro atoms. The Kier molecular flexibility index (Phi) is 8.07. The van der Waals surface area contributed by atoms with Crippen LogP contribution >= 0.6 is 0 Å². The molecule has 0 radical (unpaired) electrons. The maximum atomic E-state index is 13.3. The summed E-state index contributed by atoms with van der Waals surface area (Å²) in [6.45, 7) is 2.23. The molecule has 3 aromatic rings. The second-order valence-electron chi connectivity index (χ2n) is 7.68. The van der Waals surface area contributed by atoms with Gasteiger partial charge in [-0.1, -0.05) is 66.7 Å². The van der Waals surface area contributed by atoms with E-state index >= 15 is 0 Å². The van der Waals surface area contributed by atoms with Crippen LogP contribution in [0, 0.1) is 0 Å². The first-order valence-corrected chi connectivity index (χ1v) is 10.5. The smallest absolute Gasteiger partial charge is 0.278 e. The van der Waals surface area contributed by atoms with Crippen LogP contribution in [0.15, 0.2) is 78.9 Å². The van der Waals surface area contributed by atoms with E-state index in [-0.39, 0.29) is 5.91 Å². The molecule has 3 aromatic carbocycles. The minimum Gasteiger partial charge on any atom is -0.493 e. The molecule has 0 saturated heterocycles. The van der Waals surface area contributed by atoms with Crippen LogP contribution < -0.4 is 14.4 Å². The van der Waals surface area contributed by atoms with Gasteiger partial charge in [-0.05, 0) is 23.3 Å². The Morgan fingerprint density at radius 2 is 1.39 bits per heavy atom. The molecule has 0 heterocycles. The lowest BCUT2D eigenvalue weighted by Crippen LogP contribution is -3.08. The number of hydrogen-bond donors (Lipinski definition) is 1. The molecule has 0 bridgehead atoms. The minimum atomic E-state index is 0.118. The highest BCUT2D eigenvalue weighted by atomic mass is 16.5. The fourth-order valence-corrected chi connectivity index (χ4v) is 3.69. The first-order chi connectivity index (χ1) is 15.1. The zero-order valence-corrected chi connectivity index (χ0v) is 18.5. The predicted molar refractivity (Wildman–Crippen MR) is 122 cm³/mol. The number of carbonyl (C=O) groups is 1. The number of methoxy groups -OCH3 is 2. The van der Waals surface area contributed by atoms with E-state index in [0.29, 0.717) is 31.9 Å². The van der Waals surface area contributed by atoms with Crippen molar-refractivity contribution >= 4 is 5.91 Å². The van der Waals surface area contributed by atoms with E-state index in [0.717, 1.165) is 27.3 Å². The molecule has 3 rings (SSSR count). The summed E-state index contributed by atoms with van der Waals surface area (Å²) in [5, 5.41) is 0. The normalized spacial score (nSPS) is 11.6. The standard InChI is InChI=1S/C26H30N2O3/c1-27(19-23-15-10-16-24(30-2)26(23)31-3)20-25(29)28(17-21-11-6-4-7-12-21)18-22-13-8-5-9-14-22/h4-16H,17-20H2,1-3H3/p+1. The molecule has 0 aliphatic heterocycles. The van der Waals surface area contributed by atoms with Crippen LogP contribution in [0.4, 0.5) is 0 Å². The molecule has 5 heteroatoms. The minimum absolute atomic E-state index is 0.118. The van der Waals surface area contributed by atoms with E-state index < -0.39 is 0 Å². The highest BCUT2D eigenvalue weighted by Gasteiger charge is 2.21. The summed E-state index contributed by atoms with van der Waals surface area (Å²) in [5.41, 5.74) is 3.27. The lowest BCUT2D eigenvalue weighted by Gasteiger charge is -2.25. The average Bonchev–Trinajstić information content (AvgIpc) is 2.79. The van der Waals surface area contributed by atoms with Gasteiger partial charge >= 0.3 is 0 Å². The second-order valence-corrected chi connectivity index (χ2v) is 7.68. The van der Waals surface area contributed by atoms with Gasteiger partial charge in [-0.15, -0.1) is 0 Å². The number of quaternary nitrogens is 1. The van der Waals surface area contributed by atoms with Crippen molar-refractivity contribution in [3.8, 4) is 11.5 Å². The van der Waals surface area contributed by atoms with Crippen LogP contribution in [0.5, 0.6) is 11.5 Å². The third-order valence-electron chi connectivity index (χ3n) is 5.21. The SMILES string of the molecule is COc1cccc(C[NH+](C)CC(=O)N(Cc2ccccc2)Cc2ccccc2)c1OC. The molecule has 162 valence electrons. The summed E-state index contributed by atoms with van der Waals surface area (Å²) in [6, 6.07) is 26.1. The molecule has 1 amide bonds. The van der Waals surface area contributed by atoms with Gasteiger partial charge in [0, 0.05) is 13.1 Å². The number of para-hydroxylation sites is 1. The van der Waals surface area contributed by atoms with Gasteiger partial charge in [0.25, 0.3) is 5.91 Å². The Bertz CT molecular complexity index is 919. The molecule has 5 nitrogen and oxygen atoms in total. The zero-order chi connectivity index (χ0) is 22.1. The van der Waals surface area contributed by atoms with Crippen molar-refractivity contribution in [1.29, 1.82) is 0 Å². The molecule has 0 aliphatic carbocycles. The first-order valence-electron chi connectivity index (χ1n) is 10.5. The average molecular weight is 420 g/mol. The molecule has 1 atom stereocenters. The first kappa shape index (κ1) is 22.4. The third-order valence-corrected chi connectivity index (χ3v) is 5.21. The van der Waals surface area contributed by atoms with Gasteiger partial charge < -0.3 is 19.3 Å². The molecule has 31 heavy (non-hydrogen) atoms. The van der Waals surface area contributed by atoms with Gasteiger partial charge in [0.2, 0.25) is 0 Å². The quantitative estimate of drug-likeness (QED) is 0.550. The second kappa shape index (κ2) is 11.2. The van der Waals surface area contributed by atoms with Crippen LogP contribution in [-0.4, -0.2) is 38.6 Å². The van der Waals surface area contributed by atoms with E-state index in [1.165, 1.54) is 0 Å². The van der Waals surface area contributed by atoms with Crippen molar-refractivity contribution in [3.63, 3.8) is 0 Å².